The summed E-state index contributed by atoms with van der Waals surface area (Å²) in [6.07, 6.45) is -9.91. The zero-order valence-electron chi connectivity index (χ0n) is 19.3. The van der Waals surface area contributed by atoms with E-state index in [-0.39, 0.29) is 42.4 Å². The fourth-order valence-corrected chi connectivity index (χ4v) is 4.60. The molecule has 1 heterocycles. The lowest BCUT2D eigenvalue weighted by Gasteiger charge is -2.33. The molecule has 0 radical (unpaired) electrons. The zero-order valence-corrected chi connectivity index (χ0v) is 20.1. The first kappa shape index (κ1) is 28.7. The number of nitrogens with one attached hydrogen (secondary N) is 2. The van der Waals surface area contributed by atoms with Crippen LogP contribution in [0.15, 0.2) is 48.5 Å². The van der Waals surface area contributed by atoms with Gasteiger partial charge in [0.05, 0.1) is 23.6 Å². The second-order valence-electron chi connectivity index (χ2n) is 8.16. The molecule has 4 amide bonds. The molecule has 1 saturated heterocycles. The first-order chi connectivity index (χ1) is 17.6. The van der Waals surface area contributed by atoms with Gasteiger partial charge in [-0.3, -0.25) is 25.3 Å². The van der Waals surface area contributed by atoms with Gasteiger partial charge in [-0.25, -0.2) is 13.2 Å². The quantitative estimate of drug-likeness (QED) is 0.436. The monoisotopic (exact) mass is 566 g/mol. The molecule has 2 N–H and O–H groups in total. The van der Waals surface area contributed by atoms with Crippen LogP contribution in [0.1, 0.15) is 21.5 Å². The van der Waals surface area contributed by atoms with E-state index < -0.39 is 45.6 Å². The minimum absolute atomic E-state index is 0.116. The highest BCUT2D eigenvalue weighted by Gasteiger charge is 2.39. The maximum atomic E-state index is 13.3. The predicted molar refractivity (Wildman–Crippen MR) is 121 cm³/mol. The number of nitrogens with zero attached hydrogens (tertiary/aromatic N) is 2. The molecule has 0 unspecified atom stereocenters. The van der Waals surface area contributed by atoms with Crippen molar-refractivity contribution >= 4 is 33.4 Å². The van der Waals surface area contributed by atoms with Crippen LogP contribution < -0.4 is 15.8 Å². The van der Waals surface area contributed by atoms with E-state index in [0.29, 0.717) is 5.56 Å². The molecule has 0 atom stereocenters. The second kappa shape index (κ2) is 10.9. The number of carbonyl (C=O) groups is 3. The van der Waals surface area contributed by atoms with Crippen molar-refractivity contribution in [3.8, 4) is 0 Å². The van der Waals surface area contributed by atoms with Gasteiger partial charge in [-0.05, 0) is 35.9 Å². The number of benzene rings is 2. The average Bonchev–Trinajstić information content (AvgIpc) is 2.84. The first-order valence-corrected chi connectivity index (χ1v) is 12.6. The van der Waals surface area contributed by atoms with Gasteiger partial charge in [-0.15, -0.1) is 0 Å². The number of carbonyl (C=O) groups excluding carboxylic acids is 3. The largest absolute Gasteiger partial charge is 0.472 e. The number of sulfone groups is 1. The van der Waals surface area contributed by atoms with Gasteiger partial charge < -0.3 is 4.90 Å². The van der Waals surface area contributed by atoms with Crippen molar-refractivity contribution in [1.29, 1.82) is 0 Å². The molecule has 38 heavy (non-hydrogen) atoms. The van der Waals surface area contributed by atoms with Crippen LogP contribution in [0.3, 0.4) is 0 Å². The van der Waals surface area contributed by atoms with Gasteiger partial charge in [0, 0.05) is 24.3 Å². The number of rotatable bonds is 4. The van der Waals surface area contributed by atoms with Gasteiger partial charge in [0.1, 0.15) is 0 Å². The van der Waals surface area contributed by atoms with Crippen molar-refractivity contribution in [3.63, 3.8) is 0 Å². The number of urea groups is 1. The minimum Gasteiger partial charge on any atom is -0.322 e. The molecular formula is C22H20F6N4O5S. The molecule has 0 aliphatic carbocycles. The van der Waals surface area contributed by atoms with E-state index in [1.807, 2.05) is 0 Å². The van der Waals surface area contributed by atoms with Gasteiger partial charge in [0.2, 0.25) is 0 Å². The molecule has 1 fully saturated rings. The number of hydrogen-bond acceptors (Lipinski definition) is 5. The third kappa shape index (κ3) is 7.36. The lowest BCUT2D eigenvalue weighted by Crippen LogP contribution is -2.49. The van der Waals surface area contributed by atoms with Crippen LogP contribution in [0.5, 0.6) is 0 Å². The summed E-state index contributed by atoms with van der Waals surface area (Å²) in [7, 11) is -3.34. The van der Waals surface area contributed by atoms with E-state index in [9.17, 15) is 49.1 Å². The summed E-state index contributed by atoms with van der Waals surface area (Å²) in [6.45, 7) is -0.588. The zero-order chi connectivity index (χ0) is 28.3. The van der Waals surface area contributed by atoms with Crippen LogP contribution in [-0.4, -0.2) is 61.9 Å². The highest BCUT2D eigenvalue weighted by molar-refractivity contribution is 7.91. The maximum absolute atomic E-state index is 13.3. The van der Waals surface area contributed by atoms with Gasteiger partial charge in [0.25, 0.3) is 5.91 Å². The number of hydrogen-bond donors (Lipinski definition) is 2. The Hall–Kier alpha value is -3.82. The van der Waals surface area contributed by atoms with Crippen molar-refractivity contribution in [3.05, 3.63) is 65.2 Å². The number of hydrazine groups is 1. The molecule has 9 nitrogen and oxygen atoms in total. The van der Waals surface area contributed by atoms with Crippen LogP contribution >= 0.6 is 0 Å². The van der Waals surface area contributed by atoms with Gasteiger partial charge in [-0.2, -0.15) is 26.3 Å². The minimum atomic E-state index is -5.21. The number of halogens is 6. The molecule has 16 heteroatoms. The molecular weight excluding hydrogens is 546 g/mol. The number of alkyl halides is 6. The summed E-state index contributed by atoms with van der Waals surface area (Å²) in [4.78, 5) is 38.3. The molecule has 3 rings (SSSR count). The SMILES string of the molecule is O=C(NNC(=O)C(F)(F)F)c1ccc(CN(C(=O)N2CCS(=O)(=O)CC2)c2cccc(C(F)(F)F)c2)cc1. The summed E-state index contributed by atoms with van der Waals surface area (Å²) < 4.78 is 100. The molecule has 2 aromatic rings. The van der Waals surface area contributed by atoms with Gasteiger partial charge in [0.15, 0.2) is 9.84 Å². The molecule has 206 valence electrons. The third-order valence-corrected chi connectivity index (χ3v) is 7.04. The lowest BCUT2D eigenvalue weighted by molar-refractivity contribution is -0.174. The molecule has 1 aliphatic heterocycles. The van der Waals surface area contributed by atoms with Crippen LogP contribution in [0.4, 0.5) is 36.8 Å². The third-order valence-electron chi connectivity index (χ3n) is 5.43. The van der Waals surface area contributed by atoms with Gasteiger partial charge >= 0.3 is 24.3 Å². The van der Waals surface area contributed by atoms with Gasteiger partial charge in [-0.1, -0.05) is 18.2 Å². The van der Waals surface area contributed by atoms with Crippen molar-refractivity contribution in [2.75, 3.05) is 29.5 Å². The van der Waals surface area contributed by atoms with E-state index in [0.717, 1.165) is 23.1 Å². The molecule has 0 saturated carbocycles. The number of amides is 4. The maximum Gasteiger partial charge on any atom is 0.472 e. The van der Waals surface area contributed by atoms with E-state index in [4.69, 9.17) is 0 Å². The van der Waals surface area contributed by atoms with Crippen molar-refractivity contribution < 1.29 is 49.1 Å². The highest BCUT2D eigenvalue weighted by Crippen LogP contribution is 2.32. The summed E-state index contributed by atoms with van der Waals surface area (Å²) >= 11 is 0. The van der Waals surface area contributed by atoms with E-state index in [1.165, 1.54) is 40.7 Å². The smallest absolute Gasteiger partial charge is 0.322 e. The van der Waals surface area contributed by atoms with E-state index in [1.54, 1.807) is 5.43 Å². The number of anilines is 1. The molecule has 0 spiro atoms. The van der Waals surface area contributed by atoms with Crippen LogP contribution in [0.25, 0.3) is 0 Å². The Morgan fingerprint density at radius 2 is 1.50 bits per heavy atom. The topological polar surface area (TPSA) is 116 Å². The Balaban J connectivity index is 1.82. The summed E-state index contributed by atoms with van der Waals surface area (Å²) in [6, 6.07) is 8.22. The van der Waals surface area contributed by atoms with Crippen molar-refractivity contribution in [2.24, 2.45) is 0 Å². The Morgan fingerprint density at radius 1 is 0.895 bits per heavy atom. The van der Waals surface area contributed by atoms with Crippen LogP contribution in [0.2, 0.25) is 0 Å². The lowest BCUT2D eigenvalue weighted by atomic mass is 10.1. The summed E-state index contributed by atoms with van der Waals surface area (Å²) in [5.41, 5.74) is 1.85. The van der Waals surface area contributed by atoms with E-state index in [2.05, 4.69) is 0 Å². The average molecular weight is 566 g/mol. The van der Waals surface area contributed by atoms with Crippen molar-refractivity contribution in [1.82, 2.24) is 15.8 Å². The molecule has 1 aliphatic rings. The highest BCUT2D eigenvalue weighted by atomic mass is 32.2. The molecule has 0 aromatic heterocycles. The Bertz CT molecular complexity index is 1300. The Kier molecular flexibility index (Phi) is 8.24. The first-order valence-electron chi connectivity index (χ1n) is 10.8. The molecule has 2 aromatic carbocycles. The Morgan fingerprint density at radius 3 is 2.05 bits per heavy atom. The van der Waals surface area contributed by atoms with E-state index >= 15 is 0 Å². The fourth-order valence-electron chi connectivity index (χ4n) is 3.39. The van der Waals surface area contributed by atoms with Crippen molar-refractivity contribution in [2.45, 2.75) is 18.9 Å². The predicted octanol–water partition coefficient (Wildman–Crippen LogP) is 2.89. The van der Waals surface area contributed by atoms with Crippen LogP contribution in [0, 0.1) is 0 Å². The summed E-state index contributed by atoms with van der Waals surface area (Å²) in [5.74, 6) is -4.06. The molecule has 0 bridgehead atoms. The summed E-state index contributed by atoms with van der Waals surface area (Å²) in [5, 5.41) is 0. The fraction of sp³-hybridized carbons (Fsp3) is 0.318. The standard InChI is InChI=1S/C22H20F6N4O5S/c23-21(24,25)16-2-1-3-17(12-16)32(20(35)31-8-10-38(36,37)11-9-31)13-14-4-6-15(7-5-14)18(33)29-30-19(34)22(26,27)28/h1-7,12H,8-11,13H2,(H,29,33)(H,30,34). The van der Waals surface area contributed by atoms with Crippen LogP contribution in [-0.2, 0) is 27.4 Å². The normalized spacial score (nSPS) is 15.5. The Labute approximate surface area is 212 Å². The second-order valence-corrected chi connectivity index (χ2v) is 10.5.